The van der Waals surface area contributed by atoms with E-state index < -0.39 is 0 Å². The zero-order chi connectivity index (χ0) is 10.7. The van der Waals surface area contributed by atoms with Gasteiger partial charge in [-0.05, 0) is 19.1 Å². The predicted octanol–water partition coefficient (Wildman–Crippen LogP) is 1.73. The van der Waals surface area contributed by atoms with Crippen molar-refractivity contribution in [2.75, 3.05) is 6.54 Å². The topological polar surface area (TPSA) is 50.9 Å². The van der Waals surface area contributed by atoms with Crippen LogP contribution in [0.4, 0.5) is 0 Å². The van der Waals surface area contributed by atoms with Crippen LogP contribution in [-0.2, 0) is 6.54 Å². The Hall–Kier alpha value is -0.970. The molecule has 0 radical (unpaired) electrons. The van der Waals surface area contributed by atoms with Crippen LogP contribution in [0, 0.1) is 0 Å². The van der Waals surface area contributed by atoms with Crippen molar-refractivity contribution in [1.29, 1.82) is 0 Å². The molecule has 0 bridgehead atoms. The SMILES string of the molecule is CC(CN)NCc1nc2ccccc2s1. The Morgan fingerprint density at radius 1 is 1.47 bits per heavy atom. The van der Waals surface area contributed by atoms with E-state index in [0.29, 0.717) is 12.6 Å². The first-order valence-corrected chi connectivity index (χ1v) is 5.89. The molecular weight excluding hydrogens is 206 g/mol. The number of hydrogen-bond donors (Lipinski definition) is 2. The van der Waals surface area contributed by atoms with Crippen molar-refractivity contribution in [3.8, 4) is 0 Å². The molecule has 15 heavy (non-hydrogen) atoms. The minimum Gasteiger partial charge on any atom is -0.329 e. The van der Waals surface area contributed by atoms with Crippen LogP contribution in [0.15, 0.2) is 24.3 Å². The van der Waals surface area contributed by atoms with Gasteiger partial charge >= 0.3 is 0 Å². The van der Waals surface area contributed by atoms with Crippen LogP contribution in [-0.4, -0.2) is 17.6 Å². The lowest BCUT2D eigenvalue weighted by atomic mass is 10.3. The molecule has 0 fully saturated rings. The molecule has 1 heterocycles. The highest BCUT2D eigenvalue weighted by molar-refractivity contribution is 7.18. The van der Waals surface area contributed by atoms with E-state index in [2.05, 4.69) is 23.3 Å². The maximum Gasteiger partial charge on any atom is 0.108 e. The van der Waals surface area contributed by atoms with Crippen molar-refractivity contribution in [3.05, 3.63) is 29.3 Å². The average Bonchev–Trinajstić information content (AvgIpc) is 2.68. The Kier molecular flexibility index (Phi) is 3.30. The van der Waals surface area contributed by atoms with Crippen LogP contribution >= 0.6 is 11.3 Å². The van der Waals surface area contributed by atoms with E-state index in [9.17, 15) is 0 Å². The molecule has 0 saturated heterocycles. The van der Waals surface area contributed by atoms with Gasteiger partial charge in [-0.15, -0.1) is 11.3 Å². The fourth-order valence-corrected chi connectivity index (χ4v) is 2.26. The van der Waals surface area contributed by atoms with Crippen LogP contribution in [0.5, 0.6) is 0 Å². The number of hydrogen-bond acceptors (Lipinski definition) is 4. The van der Waals surface area contributed by atoms with E-state index in [4.69, 9.17) is 5.73 Å². The molecule has 0 aliphatic carbocycles. The monoisotopic (exact) mass is 221 g/mol. The fourth-order valence-electron chi connectivity index (χ4n) is 1.34. The second-order valence-electron chi connectivity index (χ2n) is 3.59. The van der Waals surface area contributed by atoms with Gasteiger partial charge in [0.2, 0.25) is 0 Å². The number of para-hydroxylation sites is 1. The van der Waals surface area contributed by atoms with Gasteiger partial charge in [0.25, 0.3) is 0 Å². The van der Waals surface area contributed by atoms with E-state index in [0.717, 1.165) is 17.1 Å². The molecule has 1 unspecified atom stereocenters. The number of thiazole rings is 1. The van der Waals surface area contributed by atoms with E-state index in [1.165, 1.54) is 4.70 Å². The Balaban J connectivity index is 2.09. The molecule has 2 aromatic rings. The predicted molar refractivity (Wildman–Crippen MR) is 65.0 cm³/mol. The molecule has 1 aromatic heterocycles. The molecule has 3 N–H and O–H groups in total. The summed E-state index contributed by atoms with van der Waals surface area (Å²) in [6, 6.07) is 8.55. The molecule has 4 heteroatoms. The van der Waals surface area contributed by atoms with Crippen LogP contribution in [0.1, 0.15) is 11.9 Å². The summed E-state index contributed by atoms with van der Waals surface area (Å²) in [5.74, 6) is 0. The number of fused-ring (bicyclic) bond motifs is 1. The Morgan fingerprint density at radius 3 is 3.00 bits per heavy atom. The minimum atomic E-state index is 0.344. The van der Waals surface area contributed by atoms with Gasteiger partial charge in [0.15, 0.2) is 0 Å². The first-order valence-electron chi connectivity index (χ1n) is 5.07. The summed E-state index contributed by atoms with van der Waals surface area (Å²) in [6.07, 6.45) is 0. The summed E-state index contributed by atoms with van der Waals surface area (Å²) < 4.78 is 1.25. The third kappa shape index (κ3) is 2.53. The van der Waals surface area contributed by atoms with Crippen molar-refractivity contribution in [2.45, 2.75) is 19.5 Å². The van der Waals surface area contributed by atoms with Crippen LogP contribution < -0.4 is 11.1 Å². The molecule has 0 aliphatic rings. The van der Waals surface area contributed by atoms with Crippen molar-refractivity contribution in [2.24, 2.45) is 5.73 Å². The quantitative estimate of drug-likeness (QED) is 0.826. The van der Waals surface area contributed by atoms with Crippen LogP contribution in [0.2, 0.25) is 0 Å². The number of benzene rings is 1. The van der Waals surface area contributed by atoms with E-state index in [1.807, 2.05) is 18.2 Å². The van der Waals surface area contributed by atoms with Gasteiger partial charge in [-0.25, -0.2) is 4.98 Å². The smallest absolute Gasteiger partial charge is 0.108 e. The highest BCUT2D eigenvalue weighted by atomic mass is 32.1. The van der Waals surface area contributed by atoms with Crippen LogP contribution in [0.25, 0.3) is 10.2 Å². The molecule has 1 aromatic carbocycles. The van der Waals surface area contributed by atoms with E-state index in [1.54, 1.807) is 11.3 Å². The Labute approximate surface area is 93.3 Å². The van der Waals surface area contributed by atoms with Crippen molar-refractivity contribution >= 4 is 21.6 Å². The summed E-state index contributed by atoms with van der Waals surface area (Å²) in [6.45, 7) is 3.54. The molecule has 3 nitrogen and oxygen atoms in total. The highest BCUT2D eigenvalue weighted by Crippen LogP contribution is 2.21. The van der Waals surface area contributed by atoms with Crippen molar-refractivity contribution < 1.29 is 0 Å². The first kappa shape index (κ1) is 10.5. The number of aromatic nitrogens is 1. The summed E-state index contributed by atoms with van der Waals surface area (Å²) in [5.41, 5.74) is 6.61. The lowest BCUT2D eigenvalue weighted by Crippen LogP contribution is -2.32. The highest BCUT2D eigenvalue weighted by Gasteiger charge is 2.04. The van der Waals surface area contributed by atoms with Gasteiger partial charge in [0, 0.05) is 19.1 Å². The van der Waals surface area contributed by atoms with E-state index in [-0.39, 0.29) is 0 Å². The number of nitrogens with one attached hydrogen (secondary N) is 1. The summed E-state index contributed by atoms with van der Waals surface area (Å²) >= 11 is 1.74. The molecule has 0 saturated carbocycles. The van der Waals surface area contributed by atoms with Gasteiger partial charge in [-0.3, -0.25) is 0 Å². The maximum atomic E-state index is 5.53. The summed E-state index contributed by atoms with van der Waals surface area (Å²) in [7, 11) is 0. The van der Waals surface area contributed by atoms with Gasteiger partial charge in [0.1, 0.15) is 5.01 Å². The maximum absolute atomic E-state index is 5.53. The molecule has 80 valence electrons. The largest absolute Gasteiger partial charge is 0.329 e. The van der Waals surface area contributed by atoms with Gasteiger partial charge in [-0.1, -0.05) is 12.1 Å². The lowest BCUT2D eigenvalue weighted by Gasteiger charge is -2.08. The third-order valence-electron chi connectivity index (χ3n) is 2.29. The molecule has 0 aliphatic heterocycles. The molecule has 0 spiro atoms. The third-order valence-corrected chi connectivity index (χ3v) is 3.33. The number of rotatable bonds is 4. The Bertz CT molecular complexity index is 405. The second-order valence-corrected chi connectivity index (χ2v) is 4.71. The van der Waals surface area contributed by atoms with Gasteiger partial charge in [-0.2, -0.15) is 0 Å². The summed E-state index contributed by atoms with van der Waals surface area (Å²) in [4.78, 5) is 4.53. The minimum absolute atomic E-state index is 0.344. The van der Waals surface area contributed by atoms with Gasteiger partial charge < -0.3 is 11.1 Å². The fraction of sp³-hybridized carbons (Fsp3) is 0.364. The number of nitrogens with two attached hydrogens (primary N) is 1. The number of nitrogens with zero attached hydrogens (tertiary/aromatic N) is 1. The van der Waals surface area contributed by atoms with Crippen LogP contribution in [0.3, 0.4) is 0 Å². The zero-order valence-corrected chi connectivity index (χ0v) is 9.55. The van der Waals surface area contributed by atoms with Crippen molar-refractivity contribution in [3.63, 3.8) is 0 Å². The van der Waals surface area contributed by atoms with E-state index >= 15 is 0 Å². The molecule has 1 atom stereocenters. The standard InChI is InChI=1S/C11H15N3S/c1-8(6-12)13-7-11-14-9-4-2-3-5-10(9)15-11/h2-5,8,13H,6-7,12H2,1H3. The summed E-state index contributed by atoms with van der Waals surface area (Å²) in [5, 5.41) is 4.45. The normalized spacial score (nSPS) is 13.2. The second kappa shape index (κ2) is 4.70. The zero-order valence-electron chi connectivity index (χ0n) is 8.73. The molecular formula is C11H15N3S. The molecule has 0 amide bonds. The first-order chi connectivity index (χ1) is 7.29. The Morgan fingerprint density at radius 2 is 2.27 bits per heavy atom. The molecule has 2 rings (SSSR count). The van der Waals surface area contributed by atoms with Gasteiger partial charge in [0.05, 0.1) is 10.2 Å². The van der Waals surface area contributed by atoms with Crippen molar-refractivity contribution in [1.82, 2.24) is 10.3 Å². The lowest BCUT2D eigenvalue weighted by molar-refractivity contribution is 0.555. The average molecular weight is 221 g/mol.